The van der Waals surface area contributed by atoms with Crippen LogP contribution in [0.15, 0.2) is 48.5 Å². The third-order valence-electron chi connectivity index (χ3n) is 5.06. The van der Waals surface area contributed by atoms with E-state index in [1.165, 1.54) is 0 Å². The van der Waals surface area contributed by atoms with Crippen molar-refractivity contribution in [2.45, 2.75) is 32.3 Å². The van der Waals surface area contributed by atoms with Crippen molar-refractivity contribution in [1.82, 2.24) is 4.90 Å². The fourth-order valence-corrected chi connectivity index (χ4v) is 3.59. The summed E-state index contributed by atoms with van der Waals surface area (Å²) in [6.07, 6.45) is 2.01. The van der Waals surface area contributed by atoms with Gasteiger partial charge in [-0.2, -0.15) is 0 Å². The minimum atomic E-state index is -0.350. The van der Waals surface area contributed by atoms with E-state index >= 15 is 0 Å². The highest BCUT2D eigenvalue weighted by molar-refractivity contribution is 6.31. The summed E-state index contributed by atoms with van der Waals surface area (Å²) in [5.41, 5.74) is 2.76. The molecule has 0 radical (unpaired) electrons. The number of benzene rings is 2. The number of aryl methyl sites for hydroxylation is 1. The predicted octanol–water partition coefficient (Wildman–Crippen LogP) is 4.10. The van der Waals surface area contributed by atoms with Gasteiger partial charge in [0.05, 0.1) is 6.10 Å². The Bertz CT molecular complexity index is 724. The van der Waals surface area contributed by atoms with Crippen LogP contribution in [-0.2, 0) is 6.42 Å². The Morgan fingerprint density at radius 2 is 1.88 bits per heavy atom. The van der Waals surface area contributed by atoms with Crippen molar-refractivity contribution in [2.24, 2.45) is 5.92 Å². The molecule has 1 aliphatic rings. The first-order valence-corrected chi connectivity index (χ1v) is 9.20. The highest BCUT2D eigenvalue weighted by Crippen LogP contribution is 2.25. The van der Waals surface area contributed by atoms with Crippen molar-refractivity contribution in [1.29, 1.82) is 0 Å². The monoisotopic (exact) mass is 357 g/mol. The van der Waals surface area contributed by atoms with Crippen LogP contribution >= 0.6 is 11.6 Å². The minimum absolute atomic E-state index is 0.0516. The summed E-state index contributed by atoms with van der Waals surface area (Å²) in [6.45, 7) is 3.29. The maximum Gasteiger partial charge on any atom is 0.253 e. The van der Waals surface area contributed by atoms with Crippen LogP contribution in [0.4, 0.5) is 0 Å². The number of amides is 1. The van der Waals surface area contributed by atoms with Crippen molar-refractivity contribution >= 4 is 17.5 Å². The quantitative estimate of drug-likeness (QED) is 0.894. The van der Waals surface area contributed by atoms with Gasteiger partial charge in [0.15, 0.2) is 0 Å². The zero-order valence-electron chi connectivity index (χ0n) is 14.5. The van der Waals surface area contributed by atoms with Gasteiger partial charge in [0, 0.05) is 23.7 Å². The van der Waals surface area contributed by atoms with Crippen molar-refractivity contribution in [2.75, 3.05) is 13.1 Å². The van der Waals surface area contributed by atoms with Crippen molar-refractivity contribution in [3.05, 3.63) is 70.2 Å². The van der Waals surface area contributed by atoms with E-state index in [0.29, 0.717) is 30.1 Å². The average Bonchev–Trinajstić information content (AvgIpc) is 2.64. The Morgan fingerprint density at radius 1 is 1.20 bits per heavy atom. The first-order valence-electron chi connectivity index (χ1n) is 8.82. The molecule has 0 spiro atoms. The molecule has 1 atom stereocenters. The normalized spacial score (nSPS) is 16.7. The number of piperidine rings is 1. The van der Waals surface area contributed by atoms with E-state index in [9.17, 15) is 9.90 Å². The van der Waals surface area contributed by atoms with Crippen LogP contribution in [0.5, 0.6) is 0 Å². The molecule has 1 amide bonds. The largest absolute Gasteiger partial charge is 0.392 e. The van der Waals surface area contributed by atoms with Gasteiger partial charge in [-0.25, -0.2) is 0 Å². The number of aliphatic hydroxyl groups excluding tert-OH is 1. The summed E-state index contributed by atoms with van der Waals surface area (Å²) >= 11 is 6.04. The Labute approximate surface area is 154 Å². The summed E-state index contributed by atoms with van der Waals surface area (Å²) in [7, 11) is 0. The minimum Gasteiger partial charge on any atom is -0.392 e. The SMILES string of the molecule is Cc1cc(C(=O)N2CCC([C@H](O)Cc3ccccc3)CC2)ccc1Cl. The third-order valence-corrected chi connectivity index (χ3v) is 5.49. The Hall–Kier alpha value is -1.84. The van der Waals surface area contributed by atoms with Crippen molar-refractivity contribution < 1.29 is 9.90 Å². The summed E-state index contributed by atoms with van der Waals surface area (Å²) in [5.74, 6) is 0.298. The lowest BCUT2D eigenvalue weighted by atomic mass is 9.87. The van der Waals surface area contributed by atoms with Gasteiger partial charge in [-0.3, -0.25) is 4.79 Å². The number of carbonyl (C=O) groups excluding carboxylic acids is 1. The van der Waals surface area contributed by atoms with Crippen LogP contribution in [0.25, 0.3) is 0 Å². The molecule has 2 aromatic rings. The van der Waals surface area contributed by atoms with E-state index < -0.39 is 0 Å². The number of hydrogen-bond donors (Lipinski definition) is 1. The Morgan fingerprint density at radius 3 is 2.52 bits per heavy atom. The number of hydrogen-bond acceptors (Lipinski definition) is 2. The molecule has 132 valence electrons. The molecule has 3 rings (SSSR count). The van der Waals surface area contributed by atoms with E-state index in [4.69, 9.17) is 11.6 Å². The molecular weight excluding hydrogens is 334 g/mol. The van der Waals surface area contributed by atoms with Crippen LogP contribution in [0.3, 0.4) is 0 Å². The van der Waals surface area contributed by atoms with Gasteiger partial charge < -0.3 is 10.0 Å². The van der Waals surface area contributed by atoms with Crippen molar-refractivity contribution in [3.63, 3.8) is 0 Å². The van der Waals surface area contributed by atoms with E-state index in [1.807, 2.05) is 48.2 Å². The molecular formula is C21H24ClNO2. The number of likely N-dealkylation sites (tertiary alicyclic amines) is 1. The van der Waals surface area contributed by atoms with Gasteiger partial charge in [0.25, 0.3) is 5.91 Å². The number of nitrogens with zero attached hydrogens (tertiary/aromatic N) is 1. The lowest BCUT2D eigenvalue weighted by Gasteiger charge is -2.34. The van der Waals surface area contributed by atoms with Gasteiger partial charge in [-0.1, -0.05) is 41.9 Å². The van der Waals surface area contributed by atoms with Crippen LogP contribution in [0.1, 0.15) is 34.3 Å². The van der Waals surface area contributed by atoms with Gasteiger partial charge in [0.2, 0.25) is 0 Å². The molecule has 0 unspecified atom stereocenters. The number of aliphatic hydroxyl groups is 1. The molecule has 25 heavy (non-hydrogen) atoms. The van der Waals surface area contributed by atoms with Crippen LogP contribution < -0.4 is 0 Å². The van der Waals surface area contributed by atoms with Crippen LogP contribution in [0.2, 0.25) is 5.02 Å². The summed E-state index contributed by atoms with van der Waals surface area (Å²) in [4.78, 5) is 14.5. The van der Waals surface area contributed by atoms with Crippen LogP contribution in [-0.4, -0.2) is 35.1 Å². The predicted molar refractivity (Wildman–Crippen MR) is 101 cm³/mol. The molecule has 2 aromatic carbocycles. The van der Waals surface area contributed by atoms with Gasteiger partial charge >= 0.3 is 0 Å². The molecule has 1 aliphatic heterocycles. The Kier molecular flexibility index (Phi) is 5.77. The third kappa shape index (κ3) is 4.42. The summed E-state index contributed by atoms with van der Waals surface area (Å²) in [5, 5.41) is 11.2. The highest BCUT2D eigenvalue weighted by atomic mass is 35.5. The Balaban J connectivity index is 1.56. The number of halogens is 1. The van der Waals surface area contributed by atoms with Crippen molar-refractivity contribution in [3.8, 4) is 0 Å². The molecule has 0 bridgehead atoms. The van der Waals surface area contributed by atoms with Gasteiger partial charge in [0.1, 0.15) is 0 Å². The second-order valence-corrected chi connectivity index (χ2v) is 7.26. The first kappa shape index (κ1) is 18.0. The van der Waals surface area contributed by atoms with E-state index in [0.717, 1.165) is 24.0 Å². The van der Waals surface area contributed by atoms with Gasteiger partial charge in [-0.05, 0) is 61.4 Å². The standard InChI is InChI=1S/C21H24ClNO2/c1-15-13-18(7-8-19(15)22)21(25)23-11-9-17(10-12-23)20(24)14-16-5-3-2-4-6-16/h2-8,13,17,20,24H,9-12,14H2,1H3/t20-/m1/s1. The molecule has 3 nitrogen and oxygen atoms in total. The molecule has 0 aromatic heterocycles. The topological polar surface area (TPSA) is 40.5 Å². The lowest BCUT2D eigenvalue weighted by Crippen LogP contribution is -2.41. The zero-order valence-corrected chi connectivity index (χ0v) is 15.2. The number of rotatable bonds is 4. The average molecular weight is 358 g/mol. The second kappa shape index (κ2) is 8.03. The fraction of sp³-hybridized carbons (Fsp3) is 0.381. The molecule has 1 heterocycles. The maximum absolute atomic E-state index is 12.7. The van der Waals surface area contributed by atoms with E-state index in [-0.39, 0.29) is 17.9 Å². The van der Waals surface area contributed by atoms with E-state index in [1.54, 1.807) is 12.1 Å². The summed E-state index contributed by atoms with van der Waals surface area (Å²) in [6, 6.07) is 15.5. The molecule has 0 saturated carbocycles. The maximum atomic E-state index is 12.7. The molecule has 0 aliphatic carbocycles. The lowest BCUT2D eigenvalue weighted by molar-refractivity contribution is 0.0467. The molecule has 1 fully saturated rings. The summed E-state index contributed by atoms with van der Waals surface area (Å²) < 4.78 is 0. The molecule has 4 heteroatoms. The smallest absolute Gasteiger partial charge is 0.253 e. The highest BCUT2D eigenvalue weighted by Gasteiger charge is 2.28. The molecule has 1 N–H and O–H groups in total. The van der Waals surface area contributed by atoms with E-state index in [2.05, 4.69) is 0 Å². The first-order chi connectivity index (χ1) is 12.0. The van der Waals surface area contributed by atoms with Gasteiger partial charge in [-0.15, -0.1) is 0 Å². The molecule has 1 saturated heterocycles. The second-order valence-electron chi connectivity index (χ2n) is 6.85. The number of carbonyl (C=O) groups is 1. The fourth-order valence-electron chi connectivity index (χ4n) is 3.47. The zero-order chi connectivity index (χ0) is 17.8. The van der Waals surface area contributed by atoms with Crippen LogP contribution in [0, 0.1) is 12.8 Å².